The van der Waals surface area contributed by atoms with E-state index in [0.29, 0.717) is 11.3 Å². The molecule has 0 saturated heterocycles. The van der Waals surface area contributed by atoms with Gasteiger partial charge in [0.25, 0.3) is 0 Å². The van der Waals surface area contributed by atoms with Crippen molar-refractivity contribution in [2.45, 2.75) is 26.2 Å². The Kier molecular flexibility index (Phi) is 5.20. The van der Waals surface area contributed by atoms with E-state index in [1.54, 1.807) is 18.2 Å². The van der Waals surface area contributed by atoms with Crippen LogP contribution in [0.5, 0.6) is 11.5 Å². The zero-order valence-corrected chi connectivity index (χ0v) is 13.0. The summed E-state index contributed by atoms with van der Waals surface area (Å²) in [6, 6.07) is 15.6. The highest BCUT2D eigenvalue weighted by atomic mass is 79.9. The summed E-state index contributed by atoms with van der Waals surface area (Å²) in [7, 11) is 0. The van der Waals surface area contributed by atoms with Crippen LogP contribution in [-0.2, 0) is 6.42 Å². The number of nitrogens with zero attached hydrogens (tertiary/aromatic N) is 1. The molecule has 0 unspecified atom stereocenters. The Labute approximate surface area is 128 Å². The minimum Gasteiger partial charge on any atom is -0.456 e. The highest BCUT2D eigenvalue weighted by Crippen LogP contribution is 2.30. The first kappa shape index (κ1) is 14.6. The summed E-state index contributed by atoms with van der Waals surface area (Å²) in [4.78, 5) is 0. The number of ether oxygens (including phenoxy) is 1. The third-order valence-corrected chi connectivity index (χ3v) is 3.65. The number of benzene rings is 2. The van der Waals surface area contributed by atoms with E-state index >= 15 is 0 Å². The second-order valence-corrected chi connectivity index (χ2v) is 5.46. The molecule has 0 radical (unpaired) electrons. The third kappa shape index (κ3) is 3.85. The first-order chi connectivity index (χ1) is 9.72. The first-order valence-electron chi connectivity index (χ1n) is 6.69. The number of rotatable bonds is 5. The highest BCUT2D eigenvalue weighted by molar-refractivity contribution is 9.10. The Morgan fingerprint density at radius 2 is 1.90 bits per heavy atom. The van der Waals surface area contributed by atoms with Gasteiger partial charge in [0.2, 0.25) is 0 Å². The molecule has 2 nitrogen and oxygen atoms in total. The summed E-state index contributed by atoms with van der Waals surface area (Å²) in [5.74, 6) is 1.51. The number of nitriles is 1. The molecule has 3 heteroatoms. The van der Waals surface area contributed by atoms with Crippen molar-refractivity contribution >= 4 is 15.9 Å². The molecule has 20 heavy (non-hydrogen) atoms. The van der Waals surface area contributed by atoms with Gasteiger partial charge in [-0.05, 0) is 64.7 Å². The lowest BCUT2D eigenvalue weighted by Gasteiger charge is -2.08. The number of halogens is 1. The fourth-order valence-electron chi connectivity index (χ4n) is 1.89. The maximum atomic E-state index is 8.83. The molecule has 0 fully saturated rings. The van der Waals surface area contributed by atoms with E-state index in [1.807, 2.05) is 12.1 Å². The average molecular weight is 330 g/mol. The van der Waals surface area contributed by atoms with Crippen LogP contribution in [0.15, 0.2) is 46.9 Å². The molecule has 0 amide bonds. The molecule has 0 saturated carbocycles. The van der Waals surface area contributed by atoms with Crippen molar-refractivity contribution in [3.8, 4) is 17.6 Å². The molecule has 0 aliphatic rings. The quantitative estimate of drug-likeness (QED) is 0.730. The Bertz CT molecular complexity index is 614. The molecular weight excluding hydrogens is 314 g/mol. The Morgan fingerprint density at radius 1 is 1.15 bits per heavy atom. The Hall–Kier alpha value is -1.79. The van der Waals surface area contributed by atoms with E-state index in [9.17, 15) is 0 Å². The molecular formula is C17H16BrNO. The summed E-state index contributed by atoms with van der Waals surface area (Å²) in [5, 5.41) is 8.83. The lowest BCUT2D eigenvalue weighted by molar-refractivity contribution is 0.479. The second-order valence-electron chi connectivity index (χ2n) is 4.61. The van der Waals surface area contributed by atoms with E-state index in [2.05, 4.69) is 41.1 Å². The van der Waals surface area contributed by atoms with Gasteiger partial charge < -0.3 is 4.74 Å². The standard InChI is InChI=1S/C17H16BrNO/c1-2-3-4-13-5-8-15(9-6-13)20-17-10-7-14(12-19)11-16(17)18/h5-11H,2-4H2,1H3. The molecule has 2 aromatic carbocycles. The summed E-state index contributed by atoms with van der Waals surface area (Å²) < 4.78 is 6.60. The van der Waals surface area contributed by atoms with Gasteiger partial charge in [0, 0.05) is 0 Å². The number of aryl methyl sites for hydroxylation is 1. The van der Waals surface area contributed by atoms with Gasteiger partial charge in [-0.1, -0.05) is 25.5 Å². The van der Waals surface area contributed by atoms with Crippen LogP contribution in [0, 0.1) is 11.3 Å². The van der Waals surface area contributed by atoms with Crippen molar-refractivity contribution in [1.82, 2.24) is 0 Å². The van der Waals surface area contributed by atoms with Crippen molar-refractivity contribution in [1.29, 1.82) is 5.26 Å². The third-order valence-electron chi connectivity index (χ3n) is 3.03. The largest absolute Gasteiger partial charge is 0.456 e. The van der Waals surface area contributed by atoms with Gasteiger partial charge in [-0.3, -0.25) is 0 Å². The normalized spacial score (nSPS) is 10.1. The predicted octanol–water partition coefficient (Wildman–Crippen LogP) is 5.46. The van der Waals surface area contributed by atoms with Crippen LogP contribution in [0.4, 0.5) is 0 Å². The molecule has 0 N–H and O–H groups in total. The SMILES string of the molecule is CCCCc1ccc(Oc2ccc(C#N)cc2Br)cc1. The molecule has 2 aromatic rings. The summed E-state index contributed by atoms with van der Waals surface area (Å²) >= 11 is 3.42. The highest BCUT2D eigenvalue weighted by Gasteiger charge is 2.04. The Balaban J connectivity index is 2.08. The Morgan fingerprint density at radius 3 is 2.50 bits per heavy atom. The summed E-state index contributed by atoms with van der Waals surface area (Å²) in [6.07, 6.45) is 3.52. The van der Waals surface area contributed by atoms with Gasteiger partial charge in [0.15, 0.2) is 0 Å². The zero-order valence-electron chi connectivity index (χ0n) is 11.4. The van der Waals surface area contributed by atoms with Crippen LogP contribution >= 0.6 is 15.9 Å². The van der Waals surface area contributed by atoms with E-state index < -0.39 is 0 Å². The van der Waals surface area contributed by atoms with Crippen molar-refractivity contribution in [3.05, 3.63) is 58.1 Å². The summed E-state index contributed by atoms with van der Waals surface area (Å²) in [5.41, 5.74) is 1.94. The fraction of sp³-hybridized carbons (Fsp3) is 0.235. The molecule has 0 spiro atoms. The van der Waals surface area contributed by atoms with Crippen LogP contribution in [0.2, 0.25) is 0 Å². The van der Waals surface area contributed by atoms with Crippen molar-refractivity contribution in [3.63, 3.8) is 0 Å². The maximum Gasteiger partial charge on any atom is 0.141 e. The molecule has 2 rings (SSSR count). The minimum absolute atomic E-state index is 0.610. The van der Waals surface area contributed by atoms with Gasteiger partial charge in [0.05, 0.1) is 16.1 Å². The van der Waals surface area contributed by atoms with Crippen LogP contribution in [-0.4, -0.2) is 0 Å². The van der Waals surface area contributed by atoms with E-state index in [1.165, 1.54) is 18.4 Å². The van der Waals surface area contributed by atoms with E-state index in [0.717, 1.165) is 16.6 Å². The first-order valence-corrected chi connectivity index (χ1v) is 7.48. The number of unbranched alkanes of at least 4 members (excludes halogenated alkanes) is 1. The molecule has 102 valence electrons. The maximum absolute atomic E-state index is 8.83. The molecule has 0 bridgehead atoms. The van der Waals surface area contributed by atoms with Crippen LogP contribution in [0.3, 0.4) is 0 Å². The predicted molar refractivity (Wildman–Crippen MR) is 84.0 cm³/mol. The van der Waals surface area contributed by atoms with Crippen LogP contribution in [0.25, 0.3) is 0 Å². The van der Waals surface area contributed by atoms with Crippen molar-refractivity contribution < 1.29 is 4.74 Å². The molecule has 0 heterocycles. The number of hydrogen-bond donors (Lipinski definition) is 0. The lowest BCUT2D eigenvalue weighted by Crippen LogP contribution is -1.88. The van der Waals surface area contributed by atoms with E-state index in [-0.39, 0.29) is 0 Å². The van der Waals surface area contributed by atoms with Gasteiger partial charge >= 0.3 is 0 Å². The summed E-state index contributed by atoms with van der Waals surface area (Å²) in [6.45, 7) is 2.19. The van der Waals surface area contributed by atoms with Crippen LogP contribution < -0.4 is 4.74 Å². The van der Waals surface area contributed by atoms with E-state index in [4.69, 9.17) is 10.00 Å². The van der Waals surface area contributed by atoms with Crippen molar-refractivity contribution in [2.75, 3.05) is 0 Å². The monoisotopic (exact) mass is 329 g/mol. The average Bonchev–Trinajstić information content (AvgIpc) is 2.48. The van der Waals surface area contributed by atoms with Gasteiger partial charge in [-0.25, -0.2) is 0 Å². The van der Waals surface area contributed by atoms with Crippen molar-refractivity contribution in [2.24, 2.45) is 0 Å². The molecule has 0 aliphatic carbocycles. The number of hydrogen-bond acceptors (Lipinski definition) is 2. The molecule has 0 aliphatic heterocycles. The topological polar surface area (TPSA) is 33.0 Å². The van der Waals surface area contributed by atoms with Gasteiger partial charge in [-0.2, -0.15) is 5.26 Å². The minimum atomic E-state index is 0.610. The fourth-order valence-corrected chi connectivity index (χ4v) is 2.34. The molecule has 0 atom stereocenters. The second kappa shape index (κ2) is 7.12. The zero-order chi connectivity index (χ0) is 14.4. The molecule has 0 aromatic heterocycles. The smallest absolute Gasteiger partial charge is 0.141 e. The van der Waals surface area contributed by atoms with Gasteiger partial charge in [-0.15, -0.1) is 0 Å². The van der Waals surface area contributed by atoms with Crippen LogP contribution in [0.1, 0.15) is 30.9 Å². The van der Waals surface area contributed by atoms with Gasteiger partial charge in [0.1, 0.15) is 11.5 Å². The lowest BCUT2D eigenvalue weighted by atomic mass is 10.1.